The number of rotatable bonds is 3. The van der Waals surface area contributed by atoms with E-state index in [0.717, 1.165) is 6.54 Å². The molecule has 0 aliphatic carbocycles. The summed E-state index contributed by atoms with van der Waals surface area (Å²) in [5.41, 5.74) is 1.96. The van der Waals surface area contributed by atoms with Gasteiger partial charge in [-0.1, -0.05) is 19.1 Å². The minimum Gasteiger partial charge on any atom is -0.304 e. The van der Waals surface area contributed by atoms with Gasteiger partial charge in [0.1, 0.15) is 0 Å². The van der Waals surface area contributed by atoms with Gasteiger partial charge in [0.15, 0.2) is 0 Å². The van der Waals surface area contributed by atoms with E-state index in [-0.39, 0.29) is 0 Å². The molecular weight excluding hydrogens is 196 g/mol. The molecule has 0 atom stereocenters. The van der Waals surface area contributed by atoms with E-state index in [9.17, 15) is 0 Å². The summed E-state index contributed by atoms with van der Waals surface area (Å²) >= 11 is 0. The lowest BCUT2D eigenvalue weighted by molar-refractivity contribution is 0.113. The standard InChI is InChI=1S/C14H26N2/c1-4-15-8-5-14(6-9-15)7-10-16(12-14)11-13(2)3/h2,4-12H2,1,3H3. The summed E-state index contributed by atoms with van der Waals surface area (Å²) in [4.78, 5) is 5.19. The summed E-state index contributed by atoms with van der Waals surface area (Å²) in [5, 5.41) is 0. The van der Waals surface area contributed by atoms with E-state index >= 15 is 0 Å². The average molecular weight is 222 g/mol. The molecule has 0 N–H and O–H groups in total. The molecule has 0 bridgehead atoms. The quantitative estimate of drug-likeness (QED) is 0.676. The first-order valence-corrected chi connectivity index (χ1v) is 6.73. The van der Waals surface area contributed by atoms with E-state index in [1.54, 1.807) is 0 Å². The van der Waals surface area contributed by atoms with Crippen molar-refractivity contribution < 1.29 is 0 Å². The Labute approximate surface area is 100 Å². The molecule has 0 aromatic carbocycles. The smallest absolute Gasteiger partial charge is 0.0187 e. The van der Waals surface area contributed by atoms with Crippen molar-refractivity contribution in [2.75, 3.05) is 39.3 Å². The van der Waals surface area contributed by atoms with Crippen molar-refractivity contribution in [3.63, 3.8) is 0 Å². The predicted octanol–water partition coefficient (Wildman–Crippen LogP) is 2.37. The highest BCUT2D eigenvalue weighted by atomic mass is 15.2. The van der Waals surface area contributed by atoms with Gasteiger partial charge in [0.05, 0.1) is 0 Å². The van der Waals surface area contributed by atoms with Crippen LogP contribution in [0.3, 0.4) is 0 Å². The summed E-state index contributed by atoms with van der Waals surface area (Å²) in [7, 11) is 0. The average Bonchev–Trinajstić information content (AvgIpc) is 2.62. The summed E-state index contributed by atoms with van der Waals surface area (Å²) in [6.45, 7) is 16.0. The van der Waals surface area contributed by atoms with Crippen LogP contribution >= 0.6 is 0 Å². The molecule has 0 radical (unpaired) electrons. The van der Waals surface area contributed by atoms with Crippen LogP contribution < -0.4 is 0 Å². The molecule has 2 heterocycles. The third kappa shape index (κ3) is 2.67. The molecule has 0 unspecified atom stereocenters. The Morgan fingerprint density at radius 3 is 2.19 bits per heavy atom. The van der Waals surface area contributed by atoms with Crippen LogP contribution in [-0.4, -0.2) is 49.1 Å². The van der Waals surface area contributed by atoms with Gasteiger partial charge in [-0.2, -0.15) is 0 Å². The molecule has 0 aromatic heterocycles. The van der Waals surface area contributed by atoms with Gasteiger partial charge in [-0.05, 0) is 57.8 Å². The van der Waals surface area contributed by atoms with Crippen LogP contribution in [-0.2, 0) is 0 Å². The highest BCUT2D eigenvalue weighted by Gasteiger charge is 2.39. The Hall–Kier alpha value is -0.340. The second-order valence-corrected chi connectivity index (χ2v) is 5.85. The number of nitrogens with zero attached hydrogens (tertiary/aromatic N) is 2. The minimum atomic E-state index is 0.654. The van der Waals surface area contributed by atoms with Crippen molar-refractivity contribution in [3.8, 4) is 0 Å². The van der Waals surface area contributed by atoms with Gasteiger partial charge in [0.2, 0.25) is 0 Å². The number of hydrogen-bond donors (Lipinski definition) is 0. The monoisotopic (exact) mass is 222 g/mol. The maximum absolute atomic E-state index is 4.03. The molecule has 0 amide bonds. The van der Waals surface area contributed by atoms with Crippen molar-refractivity contribution in [2.45, 2.75) is 33.1 Å². The second kappa shape index (κ2) is 4.89. The minimum absolute atomic E-state index is 0.654. The Kier molecular flexibility index (Phi) is 3.70. The van der Waals surface area contributed by atoms with Gasteiger partial charge in [-0.25, -0.2) is 0 Å². The maximum atomic E-state index is 4.03. The molecule has 2 saturated heterocycles. The summed E-state index contributed by atoms with van der Waals surface area (Å²) in [5.74, 6) is 0. The maximum Gasteiger partial charge on any atom is 0.0187 e. The normalized spacial score (nSPS) is 26.4. The van der Waals surface area contributed by atoms with Gasteiger partial charge in [-0.3, -0.25) is 4.90 Å². The lowest BCUT2D eigenvalue weighted by Gasteiger charge is -2.39. The fourth-order valence-corrected chi connectivity index (χ4v) is 3.30. The molecule has 2 heteroatoms. The van der Waals surface area contributed by atoms with Gasteiger partial charge in [0, 0.05) is 13.1 Å². The van der Waals surface area contributed by atoms with Crippen LogP contribution in [0.2, 0.25) is 0 Å². The highest BCUT2D eigenvalue weighted by molar-refractivity contribution is 4.99. The van der Waals surface area contributed by atoms with Crippen LogP contribution in [0.4, 0.5) is 0 Å². The van der Waals surface area contributed by atoms with Crippen molar-refractivity contribution in [3.05, 3.63) is 12.2 Å². The van der Waals surface area contributed by atoms with Gasteiger partial charge >= 0.3 is 0 Å². The van der Waals surface area contributed by atoms with Crippen LogP contribution in [0.5, 0.6) is 0 Å². The van der Waals surface area contributed by atoms with Crippen molar-refractivity contribution in [1.82, 2.24) is 9.80 Å². The van der Waals surface area contributed by atoms with Gasteiger partial charge in [-0.15, -0.1) is 0 Å². The molecule has 16 heavy (non-hydrogen) atoms. The molecule has 2 nitrogen and oxygen atoms in total. The van der Waals surface area contributed by atoms with Gasteiger partial charge < -0.3 is 4.90 Å². The largest absolute Gasteiger partial charge is 0.304 e. The van der Waals surface area contributed by atoms with E-state index in [1.807, 2.05) is 0 Å². The molecule has 2 aliphatic heterocycles. The SMILES string of the molecule is C=C(C)CN1CCC2(CCN(CC)CC2)C1. The Bertz CT molecular complexity index is 251. The van der Waals surface area contributed by atoms with Crippen LogP contribution in [0.15, 0.2) is 12.2 Å². The third-order valence-electron chi connectivity index (χ3n) is 4.37. The number of likely N-dealkylation sites (tertiary alicyclic amines) is 2. The molecular formula is C14H26N2. The molecule has 2 rings (SSSR count). The molecule has 2 aliphatic rings. The zero-order chi connectivity index (χ0) is 11.6. The van der Waals surface area contributed by atoms with E-state index in [1.165, 1.54) is 57.6 Å². The number of hydrogen-bond acceptors (Lipinski definition) is 2. The molecule has 2 fully saturated rings. The van der Waals surface area contributed by atoms with E-state index < -0.39 is 0 Å². The Morgan fingerprint density at radius 2 is 1.69 bits per heavy atom. The van der Waals surface area contributed by atoms with Crippen LogP contribution in [0.25, 0.3) is 0 Å². The topological polar surface area (TPSA) is 6.48 Å². The van der Waals surface area contributed by atoms with Crippen molar-refractivity contribution in [1.29, 1.82) is 0 Å². The first kappa shape index (κ1) is 12.1. The fraction of sp³-hybridized carbons (Fsp3) is 0.857. The van der Waals surface area contributed by atoms with Crippen molar-refractivity contribution >= 4 is 0 Å². The first-order chi connectivity index (χ1) is 7.63. The summed E-state index contributed by atoms with van der Waals surface area (Å²) < 4.78 is 0. The van der Waals surface area contributed by atoms with E-state index in [0.29, 0.717) is 5.41 Å². The van der Waals surface area contributed by atoms with E-state index in [2.05, 4.69) is 30.2 Å². The predicted molar refractivity (Wildman–Crippen MR) is 69.7 cm³/mol. The third-order valence-corrected chi connectivity index (χ3v) is 4.37. The number of piperidine rings is 1. The van der Waals surface area contributed by atoms with Crippen LogP contribution in [0, 0.1) is 5.41 Å². The first-order valence-electron chi connectivity index (χ1n) is 6.73. The zero-order valence-electron chi connectivity index (χ0n) is 11.0. The van der Waals surface area contributed by atoms with Gasteiger partial charge in [0.25, 0.3) is 0 Å². The molecule has 0 aromatic rings. The second-order valence-electron chi connectivity index (χ2n) is 5.85. The molecule has 92 valence electrons. The zero-order valence-corrected chi connectivity index (χ0v) is 11.0. The lowest BCUT2D eigenvalue weighted by atomic mass is 9.78. The fourth-order valence-electron chi connectivity index (χ4n) is 3.30. The Balaban J connectivity index is 1.85. The summed E-state index contributed by atoms with van der Waals surface area (Å²) in [6, 6.07) is 0. The van der Waals surface area contributed by atoms with Crippen molar-refractivity contribution in [2.24, 2.45) is 5.41 Å². The van der Waals surface area contributed by atoms with Crippen LogP contribution in [0.1, 0.15) is 33.1 Å². The summed E-state index contributed by atoms with van der Waals surface area (Å²) in [6.07, 6.45) is 4.24. The highest BCUT2D eigenvalue weighted by Crippen LogP contribution is 2.40. The molecule has 1 spiro atoms. The lowest BCUT2D eigenvalue weighted by Crippen LogP contribution is -2.41. The molecule has 0 saturated carbocycles. The Morgan fingerprint density at radius 1 is 1.12 bits per heavy atom. The van der Waals surface area contributed by atoms with E-state index in [4.69, 9.17) is 0 Å².